The van der Waals surface area contributed by atoms with Crippen molar-refractivity contribution in [3.05, 3.63) is 81.7 Å². The molecule has 174 valence electrons. The van der Waals surface area contributed by atoms with Crippen molar-refractivity contribution in [3.8, 4) is 5.75 Å². The normalized spacial score (nSPS) is 16.1. The van der Waals surface area contributed by atoms with Crippen molar-refractivity contribution in [1.29, 1.82) is 0 Å². The Morgan fingerprint density at radius 1 is 1.18 bits per heavy atom. The molecule has 2 aromatic carbocycles. The number of aromatic amines is 1. The Bertz CT molecular complexity index is 1380. The Hall–Kier alpha value is -4.08. The number of fused-ring (bicyclic) bond motifs is 1. The molecule has 5 rings (SSSR count). The van der Waals surface area contributed by atoms with E-state index in [1.54, 1.807) is 48.4 Å². The van der Waals surface area contributed by atoms with Gasteiger partial charge in [-0.3, -0.25) is 9.59 Å². The van der Waals surface area contributed by atoms with Crippen LogP contribution in [0.5, 0.6) is 5.75 Å². The second kappa shape index (κ2) is 9.05. The van der Waals surface area contributed by atoms with Crippen LogP contribution in [0, 0.1) is 5.82 Å². The quantitative estimate of drug-likeness (QED) is 0.489. The topological polar surface area (TPSA) is 106 Å². The Balaban J connectivity index is 1.40. The predicted molar refractivity (Wildman–Crippen MR) is 122 cm³/mol. The van der Waals surface area contributed by atoms with Gasteiger partial charge in [0, 0.05) is 24.6 Å². The molecule has 10 heteroatoms. The number of carbonyl (C=O) groups is 1. The van der Waals surface area contributed by atoms with Gasteiger partial charge in [-0.1, -0.05) is 17.3 Å². The van der Waals surface area contributed by atoms with E-state index >= 15 is 0 Å². The summed E-state index contributed by atoms with van der Waals surface area (Å²) in [6.45, 7) is 1.39. The fraction of sp³-hybridized carbons (Fsp3) is 0.292. The van der Waals surface area contributed by atoms with Gasteiger partial charge in [0.25, 0.3) is 11.5 Å². The van der Waals surface area contributed by atoms with Crippen molar-refractivity contribution in [3.63, 3.8) is 0 Å². The smallest absolute Gasteiger partial charge is 0.281 e. The van der Waals surface area contributed by atoms with Crippen LogP contribution in [0.25, 0.3) is 11.2 Å². The number of benzene rings is 2. The molecule has 1 fully saturated rings. The Morgan fingerprint density at radius 2 is 1.94 bits per heavy atom. The van der Waals surface area contributed by atoms with E-state index in [4.69, 9.17) is 4.74 Å². The lowest BCUT2D eigenvalue weighted by molar-refractivity contribution is 0.0704. The number of nitrogens with zero attached hydrogens (tertiary/aromatic N) is 5. The van der Waals surface area contributed by atoms with Gasteiger partial charge >= 0.3 is 0 Å². The SMILES string of the molecule is COc1ccc(C(=O)N2CCC[C@H](c3nc4c(nnn4Cc4ccc(F)cc4)c(=O)[nH]3)C2)cc1. The number of hydrogen-bond acceptors (Lipinski definition) is 6. The molecule has 0 saturated carbocycles. The minimum absolute atomic E-state index is 0.0706. The van der Waals surface area contributed by atoms with Crippen LogP contribution in [-0.2, 0) is 6.54 Å². The zero-order chi connectivity index (χ0) is 23.7. The maximum atomic E-state index is 13.2. The Kier molecular flexibility index (Phi) is 5.79. The maximum Gasteiger partial charge on any atom is 0.281 e. The van der Waals surface area contributed by atoms with Crippen molar-refractivity contribution < 1.29 is 13.9 Å². The lowest BCUT2D eigenvalue weighted by Crippen LogP contribution is -2.40. The number of methoxy groups -OCH3 is 1. The number of halogens is 1. The number of hydrogen-bond donors (Lipinski definition) is 1. The third-order valence-corrected chi connectivity index (χ3v) is 6.07. The van der Waals surface area contributed by atoms with Gasteiger partial charge in [-0.25, -0.2) is 14.1 Å². The summed E-state index contributed by atoms with van der Waals surface area (Å²) in [6.07, 6.45) is 1.59. The van der Waals surface area contributed by atoms with E-state index in [9.17, 15) is 14.0 Å². The summed E-state index contributed by atoms with van der Waals surface area (Å²) in [5, 5.41) is 8.05. The zero-order valence-electron chi connectivity index (χ0n) is 18.6. The fourth-order valence-electron chi connectivity index (χ4n) is 4.25. The number of carbonyl (C=O) groups excluding carboxylic acids is 1. The number of ether oxygens (including phenoxy) is 1. The van der Waals surface area contributed by atoms with Crippen molar-refractivity contribution in [2.24, 2.45) is 0 Å². The standard InChI is InChI=1S/C24H23FN6O3/c1-34-19-10-6-16(7-11-19)24(33)30-12-2-3-17(14-30)21-26-22-20(23(32)27-21)28-29-31(22)13-15-4-8-18(25)9-5-15/h4-11,17H,2-3,12-14H2,1H3,(H,26,27,32)/t17-/m0/s1. The molecule has 0 unspecified atom stereocenters. The summed E-state index contributed by atoms with van der Waals surface area (Å²) in [6, 6.07) is 13.1. The van der Waals surface area contributed by atoms with E-state index < -0.39 is 0 Å². The molecule has 1 N–H and O–H groups in total. The van der Waals surface area contributed by atoms with Gasteiger partial charge in [-0.05, 0) is 54.8 Å². The number of piperidine rings is 1. The van der Waals surface area contributed by atoms with E-state index in [0.717, 1.165) is 18.4 Å². The second-order valence-corrected chi connectivity index (χ2v) is 8.32. The third-order valence-electron chi connectivity index (χ3n) is 6.07. The number of likely N-dealkylation sites (tertiary alicyclic amines) is 1. The molecular formula is C24H23FN6O3. The van der Waals surface area contributed by atoms with E-state index in [2.05, 4.69) is 20.3 Å². The van der Waals surface area contributed by atoms with Crippen LogP contribution in [0.2, 0.25) is 0 Å². The van der Waals surface area contributed by atoms with E-state index in [1.807, 2.05) is 0 Å². The van der Waals surface area contributed by atoms with Crippen LogP contribution in [0.1, 0.15) is 40.5 Å². The zero-order valence-corrected chi connectivity index (χ0v) is 18.6. The molecule has 0 spiro atoms. The molecule has 0 radical (unpaired) electrons. The lowest BCUT2D eigenvalue weighted by atomic mass is 9.96. The lowest BCUT2D eigenvalue weighted by Gasteiger charge is -2.32. The van der Waals surface area contributed by atoms with Gasteiger partial charge in [0.05, 0.1) is 13.7 Å². The van der Waals surface area contributed by atoms with Crippen LogP contribution < -0.4 is 10.3 Å². The minimum Gasteiger partial charge on any atom is -0.497 e. The average Bonchev–Trinajstić information content (AvgIpc) is 3.28. The molecule has 3 heterocycles. The van der Waals surface area contributed by atoms with Crippen LogP contribution in [0.3, 0.4) is 0 Å². The predicted octanol–water partition coefficient (Wildman–Crippen LogP) is 2.73. The Labute approximate surface area is 194 Å². The van der Waals surface area contributed by atoms with Crippen LogP contribution in [0.4, 0.5) is 4.39 Å². The summed E-state index contributed by atoms with van der Waals surface area (Å²) in [4.78, 5) is 35.0. The first-order chi connectivity index (χ1) is 16.5. The highest BCUT2D eigenvalue weighted by Gasteiger charge is 2.28. The average molecular weight is 462 g/mol. The van der Waals surface area contributed by atoms with Crippen LogP contribution in [0.15, 0.2) is 53.3 Å². The molecule has 1 aliphatic rings. The van der Waals surface area contributed by atoms with Crippen molar-refractivity contribution in [2.75, 3.05) is 20.2 Å². The fourth-order valence-corrected chi connectivity index (χ4v) is 4.25. The van der Waals surface area contributed by atoms with Crippen LogP contribution >= 0.6 is 0 Å². The highest BCUT2D eigenvalue weighted by atomic mass is 19.1. The minimum atomic E-state index is -0.371. The summed E-state index contributed by atoms with van der Waals surface area (Å²) in [7, 11) is 1.58. The molecule has 9 nitrogen and oxygen atoms in total. The van der Waals surface area contributed by atoms with Gasteiger partial charge in [-0.15, -0.1) is 5.10 Å². The third kappa shape index (κ3) is 4.26. The first kappa shape index (κ1) is 21.7. The van der Waals surface area contributed by atoms with E-state index in [-0.39, 0.29) is 28.7 Å². The van der Waals surface area contributed by atoms with Crippen LogP contribution in [-0.4, -0.2) is 56.0 Å². The summed E-state index contributed by atoms with van der Waals surface area (Å²) < 4.78 is 19.9. The Morgan fingerprint density at radius 3 is 2.68 bits per heavy atom. The molecule has 2 aromatic heterocycles. The largest absolute Gasteiger partial charge is 0.497 e. The van der Waals surface area contributed by atoms with Gasteiger partial charge in [0.2, 0.25) is 0 Å². The number of nitrogens with one attached hydrogen (secondary N) is 1. The van der Waals surface area contributed by atoms with E-state index in [1.165, 1.54) is 16.8 Å². The van der Waals surface area contributed by atoms with Gasteiger partial charge in [-0.2, -0.15) is 0 Å². The molecule has 1 saturated heterocycles. The number of amides is 1. The maximum absolute atomic E-state index is 13.2. The van der Waals surface area contributed by atoms with Crippen molar-refractivity contribution in [2.45, 2.75) is 25.3 Å². The second-order valence-electron chi connectivity index (χ2n) is 8.32. The summed E-state index contributed by atoms with van der Waals surface area (Å²) >= 11 is 0. The highest BCUT2D eigenvalue weighted by molar-refractivity contribution is 5.94. The number of H-pyrrole nitrogens is 1. The van der Waals surface area contributed by atoms with Crippen molar-refractivity contribution >= 4 is 17.1 Å². The molecular weight excluding hydrogens is 439 g/mol. The van der Waals surface area contributed by atoms with Crippen molar-refractivity contribution in [1.82, 2.24) is 29.9 Å². The monoisotopic (exact) mass is 462 g/mol. The molecule has 1 aliphatic heterocycles. The molecule has 1 atom stereocenters. The van der Waals surface area contributed by atoms with Gasteiger partial charge in [0.15, 0.2) is 11.2 Å². The number of rotatable bonds is 5. The summed E-state index contributed by atoms with van der Waals surface area (Å²) in [5.74, 6) is 0.678. The molecule has 1 amide bonds. The van der Waals surface area contributed by atoms with Gasteiger partial charge < -0.3 is 14.6 Å². The number of aromatic nitrogens is 5. The summed E-state index contributed by atoms with van der Waals surface area (Å²) in [5.41, 5.74) is 1.53. The molecule has 0 aliphatic carbocycles. The van der Waals surface area contributed by atoms with Gasteiger partial charge in [0.1, 0.15) is 17.4 Å². The molecule has 34 heavy (non-hydrogen) atoms. The first-order valence-electron chi connectivity index (χ1n) is 11.0. The first-order valence-corrected chi connectivity index (χ1v) is 11.0. The molecule has 4 aromatic rings. The van der Waals surface area contributed by atoms with E-state index in [0.29, 0.717) is 42.4 Å². The molecule has 0 bridgehead atoms. The highest BCUT2D eigenvalue weighted by Crippen LogP contribution is 2.26.